The van der Waals surface area contributed by atoms with E-state index in [-0.39, 0.29) is 0 Å². The first-order valence-electron chi connectivity index (χ1n) is 4.98. The molecule has 68 valence electrons. The maximum absolute atomic E-state index is 4.53. The van der Waals surface area contributed by atoms with Gasteiger partial charge in [-0.05, 0) is 31.6 Å². The molecule has 0 saturated carbocycles. The molecule has 0 amide bonds. The first-order chi connectivity index (χ1) is 5.74. The highest BCUT2D eigenvalue weighted by atomic mass is 14.7. The molecule has 1 nitrogen and oxygen atoms in total. The molecule has 0 bridgehead atoms. The third-order valence-electron chi connectivity index (χ3n) is 2.46. The second kappa shape index (κ2) is 4.44. The van der Waals surface area contributed by atoms with Crippen LogP contribution in [0.1, 0.15) is 46.5 Å². The van der Waals surface area contributed by atoms with Gasteiger partial charge in [-0.25, -0.2) is 0 Å². The van der Waals surface area contributed by atoms with E-state index in [0.29, 0.717) is 5.92 Å². The zero-order valence-electron chi connectivity index (χ0n) is 8.43. The number of nitrogens with zero attached hydrogens (tertiary/aromatic N) is 1. The fourth-order valence-electron chi connectivity index (χ4n) is 1.51. The lowest BCUT2D eigenvalue weighted by Gasteiger charge is -2.05. The monoisotopic (exact) mass is 165 g/mol. The molecule has 0 radical (unpaired) electrons. The Morgan fingerprint density at radius 3 is 2.75 bits per heavy atom. The van der Waals surface area contributed by atoms with Crippen molar-refractivity contribution in [3.8, 4) is 0 Å². The van der Waals surface area contributed by atoms with Gasteiger partial charge in [0.25, 0.3) is 0 Å². The Kier molecular flexibility index (Phi) is 3.51. The van der Waals surface area contributed by atoms with E-state index in [2.05, 4.69) is 32.0 Å². The summed E-state index contributed by atoms with van der Waals surface area (Å²) in [6, 6.07) is 0. The van der Waals surface area contributed by atoms with Crippen molar-refractivity contribution in [3.05, 3.63) is 11.8 Å². The van der Waals surface area contributed by atoms with Crippen LogP contribution in [0, 0.1) is 5.92 Å². The van der Waals surface area contributed by atoms with Gasteiger partial charge in [-0.15, -0.1) is 0 Å². The van der Waals surface area contributed by atoms with E-state index >= 15 is 0 Å². The third kappa shape index (κ3) is 2.47. The summed E-state index contributed by atoms with van der Waals surface area (Å²) < 4.78 is 0. The minimum Gasteiger partial charge on any atom is -0.265 e. The van der Waals surface area contributed by atoms with Crippen molar-refractivity contribution in [2.75, 3.05) is 0 Å². The van der Waals surface area contributed by atoms with Gasteiger partial charge in [0.1, 0.15) is 0 Å². The summed E-state index contributed by atoms with van der Waals surface area (Å²) in [4.78, 5) is 4.53. The van der Waals surface area contributed by atoms with E-state index in [0.717, 1.165) is 6.42 Å². The molecule has 0 spiro atoms. The lowest BCUT2D eigenvalue weighted by Crippen LogP contribution is -2.05. The van der Waals surface area contributed by atoms with Crippen molar-refractivity contribution < 1.29 is 0 Å². The summed E-state index contributed by atoms with van der Waals surface area (Å²) in [6.45, 7) is 6.66. The van der Waals surface area contributed by atoms with Crippen LogP contribution in [0.25, 0.3) is 0 Å². The Hall–Kier alpha value is -0.590. The number of aliphatic imine (C=N–C) groups is 1. The summed E-state index contributed by atoms with van der Waals surface area (Å²) in [6.07, 6.45) is 6.97. The lowest BCUT2D eigenvalue weighted by atomic mass is 10.0. The van der Waals surface area contributed by atoms with E-state index in [1.807, 2.05) is 0 Å². The first kappa shape index (κ1) is 9.50. The van der Waals surface area contributed by atoms with E-state index in [1.165, 1.54) is 30.5 Å². The van der Waals surface area contributed by atoms with Crippen molar-refractivity contribution >= 4 is 5.71 Å². The molecule has 12 heavy (non-hydrogen) atoms. The summed E-state index contributed by atoms with van der Waals surface area (Å²) in [5.41, 5.74) is 2.88. The topological polar surface area (TPSA) is 12.4 Å². The molecule has 1 heterocycles. The predicted molar refractivity (Wildman–Crippen MR) is 54.5 cm³/mol. The van der Waals surface area contributed by atoms with Crippen LogP contribution in [0.4, 0.5) is 0 Å². The third-order valence-corrected chi connectivity index (χ3v) is 2.46. The average Bonchev–Trinajstić information content (AvgIpc) is 2.28. The van der Waals surface area contributed by atoms with Gasteiger partial charge in [0.05, 0.1) is 0 Å². The highest BCUT2D eigenvalue weighted by Crippen LogP contribution is 2.18. The van der Waals surface area contributed by atoms with Gasteiger partial charge in [-0.2, -0.15) is 0 Å². The van der Waals surface area contributed by atoms with Gasteiger partial charge in [-0.1, -0.05) is 26.3 Å². The van der Waals surface area contributed by atoms with Crippen LogP contribution in [0.15, 0.2) is 16.8 Å². The zero-order valence-corrected chi connectivity index (χ0v) is 8.43. The molecule has 1 aliphatic rings. The Balaban J connectivity index is 2.66. The Labute approximate surface area is 75.6 Å². The van der Waals surface area contributed by atoms with E-state index in [4.69, 9.17) is 0 Å². The number of rotatable bonds is 2. The Morgan fingerprint density at radius 1 is 1.42 bits per heavy atom. The standard InChI is InChI=1S/C11H19N/c1-4-10-6-5-7-11(9(2)3)12-8-10/h8-9H,4-7H2,1-3H3. The summed E-state index contributed by atoms with van der Waals surface area (Å²) >= 11 is 0. The molecule has 0 fully saturated rings. The fourth-order valence-corrected chi connectivity index (χ4v) is 1.51. The highest BCUT2D eigenvalue weighted by Gasteiger charge is 2.07. The molecule has 0 aromatic heterocycles. The molecule has 1 rings (SSSR count). The van der Waals surface area contributed by atoms with Gasteiger partial charge in [0.2, 0.25) is 0 Å². The minimum absolute atomic E-state index is 0.623. The normalized spacial score (nSPS) is 18.7. The van der Waals surface area contributed by atoms with Crippen molar-refractivity contribution in [2.45, 2.75) is 46.5 Å². The summed E-state index contributed by atoms with van der Waals surface area (Å²) in [7, 11) is 0. The molecule has 1 aliphatic heterocycles. The minimum atomic E-state index is 0.623. The van der Waals surface area contributed by atoms with Crippen LogP contribution < -0.4 is 0 Å². The summed E-state index contributed by atoms with van der Waals surface area (Å²) in [5.74, 6) is 0.623. The van der Waals surface area contributed by atoms with E-state index < -0.39 is 0 Å². The van der Waals surface area contributed by atoms with Gasteiger partial charge < -0.3 is 0 Å². The second-order valence-corrected chi connectivity index (χ2v) is 3.77. The largest absolute Gasteiger partial charge is 0.265 e. The number of hydrogen-bond acceptors (Lipinski definition) is 1. The summed E-state index contributed by atoms with van der Waals surface area (Å²) in [5, 5.41) is 0. The zero-order chi connectivity index (χ0) is 8.97. The molecular weight excluding hydrogens is 146 g/mol. The van der Waals surface area contributed by atoms with Crippen LogP contribution in [-0.4, -0.2) is 5.71 Å². The number of hydrogen-bond donors (Lipinski definition) is 0. The second-order valence-electron chi connectivity index (χ2n) is 3.77. The SMILES string of the molecule is CCC1=CN=C(C(C)C)CCC1. The van der Waals surface area contributed by atoms with Gasteiger partial charge >= 0.3 is 0 Å². The quantitative estimate of drug-likeness (QED) is 0.593. The van der Waals surface area contributed by atoms with E-state index in [1.54, 1.807) is 0 Å². The Bertz CT molecular complexity index is 199. The number of allylic oxidation sites excluding steroid dienone is 1. The molecule has 0 N–H and O–H groups in total. The maximum Gasteiger partial charge on any atom is 0.0259 e. The van der Waals surface area contributed by atoms with Gasteiger partial charge in [0, 0.05) is 11.9 Å². The van der Waals surface area contributed by atoms with Crippen LogP contribution in [0.2, 0.25) is 0 Å². The van der Waals surface area contributed by atoms with Crippen LogP contribution in [0.3, 0.4) is 0 Å². The molecule has 0 aromatic carbocycles. The van der Waals surface area contributed by atoms with Crippen molar-refractivity contribution in [2.24, 2.45) is 10.9 Å². The van der Waals surface area contributed by atoms with Gasteiger partial charge in [-0.3, -0.25) is 4.99 Å². The highest BCUT2D eigenvalue weighted by molar-refractivity contribution is 5.87. The molecule has 0 saturated heterocycles. The van der Waals surface area contributed by atoms with E-state index in [9.17, 15) is 0 Å². The molecule has 0 unspecified atom stereocenters. The lowest BCUT2D eigenvalue weighted by molar-refractivity contribution is 0.788. The molecular formula is C11H19N. The first-order valence-corrected chi connectivity index (χ1v) is 4.98. The van der Waals surface area contributed by atoms with Gasteiger partial charge in [0.15, 0.2) is 0 Å². The van der Waals surface area contributed by atoms with Crippen molar-refractivity contribution in [1.29, 1.82) is 0 Å². The smallest absolute Gasteiger partial charge is 0.0259 e. The molecule has 1 heteroatoms. The maximum atomic E-state index is 4.53. The average molecular weight is 165 g/mol. The fraction of sp³-hybridized carbons (Fsp3) is 0.727. The molecule has 0 aromatic rings. The van der Waals surface area contributed by atoms with Crippen LogP contribution >= 0.6 is 0 Å². The Morgan fingerprint density at radius 2 is 2.17 bits per heavy atom. The van der Waals surface area contributed by atoms with Crippen LogP contribution in [0.5, 0.6) is 0 Å². The van der Waals surface area contributed by atoms with Crippen LogP contribution in [-0.2, 0) is 0 Å². The molecule has 0 atom stereocenters. The van der Waals surface area contributed by atoms with Crippen molar-refractivity contribution in [3.63, 3.8) is 0 Å². The van der Waals surface area contributed by atoms with Crippen molar-refractivity contribution in [1.82, 2.24) is 0 Å². The predicted octanol–water partition coefficient (Wildman–Crippen LogP) is 3.56. The molecule has 0 aliphatic carbocycles.